The van der Waals surface area contributed by atoms with Crippen molar-refractivity contribution in [3.8, 4) is 0 Å². The summed E-state index contributed by atoms with van der Waals surface area (Å²) in [5.74, 6) is -0.415. The molecule has 3 aromatic rings. The number of anilines is 2. The van der Waals surface area contributed by atoms with Gasteiger partial charge in [-0.2, -0.15) is 0 Å². The topological polar surface area (TPSA) is 123 Å². The maximum Gasteiger partial charge on any atom is 0.307 e. The Balaban J connectivity index is 1.75. The number of carbonyl (C=O) groups excluding carboxylic acids is 1. The highest BCUT2D eigenvalue weighted by Crippen LogP contribution is 2.19. The summed E-state index contributed by atoms with van der Waals surface area (Å²) in [6.45, 7) is 1.67. The second-order valence-corrected chi connectivity index (χ2v) is 8.70. The molecule has 0 unspecified atom stereocenters. The lowest BCUT2D eigenvalue weighted by Gasteiger charge is -2.08. The normalized spacial score (nSPS) is 11.2. The SMILES string of the molecule is Cc1c(C(=O)Nc2ccc(S(=O)(=O)Nc3ccc(Cl)nn3)cc2)sc(=O)n1C. The van der Waals surface area contributed by atoms with Crippen LogP contribution in [0.5, 0.6) is 0 Å². The van der Waals surface area contributed by atoms with Crippen molar-refractivity contribution in [3.05, 3.63) is 61.8 Å². The fourth-order valence-electron chi connectivity index (χ4n) is 2.20. The number of nitrogens with one attached hydrogen (secondary N) is 2. The summed E-state index contributed by atoms with van der Waals surface area (Å²) < 4.78 is 28.5. The van der Waals surface area contributed by atoms with Crippen LogP contribution in [0, 0.1) is 6.92 Å². The molecule has 2 aromatic heterocycles. The van der Waals surface area contributed by atoms with Gasteiger partial charge in [0, 0.05) is 18.4 Å². The van der Waals surface area contributed by atoms with Crippen LogP contribution in [-0.2, 0) is 17.1 Å². The molecule has 0 aliphatic carbocycles. The first-order valence-electron chi connectivity index (χ1n) is 7.77. The standard InChI is InChI=1S/C16H14ClN5O4S2/c1-9-14(27-16(24)22(9)2)15(23)18-10-3-5-11(6-4-10)28(25,26)21-13-8-7-12(17)19-20-13/h3-8H,1-2H3,(H,18,23)(H,20,21). The number of hydrogen-bond acceptors (Lipinski definition) is 7. The van der Waals surface area contributed by atoms with Crippen LogP contribution < -0.4 is 14.9 Å². The van der Waals surface area contributed by atoms with Crippen molar-refractivity contribution in [3.63, 3.8) is 0 Å². The fraction of sp³-hybridized carbons (Fsp3) is 0.125. The third-order valence-corrected chi connectivity index (χ3v) is 6.50. The molecule has 0 saturated heterocycles. The molecular formula is C16H14ClN5O4S2. The van der Waals surface area contributed by atoms with Gasteiger partial charge in [0.2, 0.25) is 0 Å². The quantitative estimate of drug-likeness (QED) is 0.628. The number of halogens is 1. The van der Waals surface area contributed by atoms with Crippen LogP contribution in [0.1, 0.15) is 15.4 Å². The molecule has 0 aliphatic rings. The van der Waals surface area contributed by atoms with E-state index in [0.29, 0.717) is 16.3 Å². The fourth-order valence-corrected chi connectivity index (χ4v) is 4.18. The van der Waals surface area contributed by atoms with E-state index in [1.54, 1.807) is 14.0 Å². The van der Waals surface area contributed by atoms with E-state index in [0.717, 1.165) is 11.3 Å². The minimum absolute atomic E-state index is 0.0243. The average Bonchev–Trinajstić information content (AvgIpc) is 2.91. The highest BCUT2D eigenvalue weighted by atomic mass is 35.5. The minimum atomic E-state index is -3.88. The summed E-state index contributed by atoms with van der Waals surface area (Å²) in [4.78, 5) is 24.0. The maximum atomic E-state index is 12.4. The van der Waals surface area contributed by atoms with Gasteiger partial charge >= 0.3 is 4.87 Å². The molecule has 0 aliphatic heterocycles. The van der Waals surface area contributed by atoms with Crippen LogP contribution in [0.25, 0.3) is 0 Å². The summed E-state index contributed by atoms with van der Waals surface area (Å²) >= 11 is 6.46. The van der Waals surface area contributed by atoms with E-state index < -0.39 is 15.9 Å². The first-order chi connectivity index (χ1) is 13.2. The van der Waals surface area contributed by atoms with Gasteiger partial charge in [-0.15, -0.1) is 10.2 Å². The lowest BCUT2D eigenvalue weighted by molar-refractivity contribution is 0.102. The van der Waals surface area contributed by atoms with Crippen LogP contribution in [0.3, 0.4) is 0 Å². The molecule has 0 saturated carbocycles. The molecule has 3 rings (SSSR count). The van der Waals surface area contributed by atoms with Gasteiger partial charge in [-0.3, -0.25) is 14.3 Å². The van der Waals surface area contributed by atoms with Crippen LogP contribution in [-0.4, -0.2) is 29.1 Å². The van der Waals surface area contributed by atoms with E-state index in [2.05, 4.69) is 20.2 Å². The van der Waals surface area contributed by atoms with Crippen molar-refractivity contribution in [1.82, 2.24) is 14.8 Å². The van der Waals surface area contributed by atoms with Gasteiger partial charge in [0.1, 0.15) is 4.88 Å². The third kappa shape index (κ3) is 4.21. The summed E-state index contributed by atoms with van der Waals surface area (Å²) in [5.41, 5.74) is 0.943. The van der Waals surface area contributed by atoms with Crippen molar-refractivity contribution in [2.45, 2.75) is 11.8 Å². The number of benzene rings is 1. The van der Waals surface area contributed by atoms with Gasteiger partial charge < -0.3 is 9.88 Å². The molecule has 28 heavy (non-hydrogen) atoms. The largest absolute Gasteiger partial charge is 0.321 e. The number of carbonyl (C=O) groups is 1. The molecule has 0 bridgehead atoms. The Morgan fingerprint density at radius 1 is 1.14 bits per heavy atom. The van der Waals surface area contributed by atoms with Crippen molar-refractivity contribution in [1.29, 1.82) is 0 Å². The zero-order chi connectivity index (χ0) is 20.5. The number of hydrogen-bond donors (Lipinski definition) is 2. The van der Waals surface area contributed by atoms with E-state index in [1.165, 1.54) is 41.0 Å². The van der Waals surface area contributed by atoms with E-state index in [9.17, 15) is 18.0 Å². The summed E-state index contributed by atoms with van der Waals surface area (Å²) in [6, 6.07) is 8.35. The molecule has 12 heteroatoms. The second-order valence-electron chi connectivity index (χ2n) is 5.67. The van der Waals surface area contributed by atoms with Gasteiger partial charge in [-0.1, -0.05) is 22.9 Å². The Kier molecular flexibility index (Phi) is 5.49. The molecule has 0 atom stereocenters. The lowest BCUT2D eigenvalue weighted by atomic mass is 10.3. The van der Waals surface area contributed by atoms with Crippen molar-refractivity contribution in [2.75, 3.05) is 10.0 Å². The Morgan fingerprint density at radius 3 is 2.36 bits per heavy atom. The smallest absolute Gasteiger partial charge is 0.307 e. The van der Waals surface area contributed by atoms with Crippen LogP contribution in [0.15, 0.2) is 46.1 Å². The lowest BCUT2D eigenvalue weighted by Crippen LogP contribution is -2.15. The molecule has 1 amide bonds. The minimum Gasteiger partial charge on any atom is -0.321 e. The number of amides is 1. The van der Waals surface area contributed by atoms with Crippen LogP contribution >= 0.6 is 22.9 Å². The average molecular weight is 440 g/mol. The van der Waals surface area contributed by atoms with Gasteiger partial charge in [-0.25, -0.2) is 8.42 Å². The molecule has 146 valence electrons. The number of nitrogens with zero attached hydrogens (tertiary/aromatic N) is 3. The van der Waals surface area contributed by atoms with Crippen molar-refractivity contribution in [2.24, 2.45) is 7.05 Å². The van der Waals surface area contributed by atoms with E-state index in [4.69, 9.17) is 11.6 Å². The monoisotopic (exact) mass is 439 g/mol. The van der Waals surface area contributed by atoms with E-state index in [1.807, 2.05) is 0 Å². The summed E-state index contributed by atoms with van der Waals surface area (Å²) in [6.07, 6.45) is 0. The first-order valence-corrected chi connectivity index (χ1v) is 10.4. The van der Waals surface area contributed by atoms with Crippen LogP contribution in [0.4, 0.5) is 11.5 Å². The molecule has 2 heterocycles. The van der Waals surface area contributed by atoms with Crippen LogP contribution in [0.2, 0.25) is 5.15 Å². The zero-order valence-corrected chi connectivity index (χ0v) is 17.0. The molecule has 0 fully saturated rings. The summed E-state index contributed by atoms with van der Waals surface area (Å²) in [7, 11) is -2.30. The Labute approximate surface area is 169 Å². The molecule has 1 aromatic carbocycles. The highest BCUT2D eigenvalue weighted by Gasteiger charge is 2.18. The van der Waals surface area contributed by atoms with Gasteiger partial charge in [0.25, 0.3) is 15.9 Å². The van der Waals surface area contributed by atoms with Crippen molar-refractivity contribution < 1.29 is 13.2 Å². The third-order valence-electron chi connectivity index (χ3n) is 3.79. The Morgan fingerprint density at radius 2 is 1.82 bits per heavy atom. The zero-order valence-electron chi connectivity index (χ0n) is 14.6. The number of thiazole rings is 1. The first kappa shape index (κ1) is 20.0. The molecule has 9 nitrogen and oxygen atoms in total. The van der Waals surface area contributed by atoms with Gasteiger partial charge in [-0.05, 0) is 43.3 Å². The Hall–Kier alpha value is -2.76. The van der Waals surface area contributed by atoms with Crippen molar-refractivity contribution >= 4 is 50.4 Å². The van der Waals surface area contributed by atoms with Gasteiger partial charge in [0.15, 0.2) is 11.0 Å². The predicted molar refractivity (Wildman–Crippen MR) is 107 cm³/mol. The molecule has 0 radical (unpaired) electrons. The highest BCUT2D eigenvalue weighted by molar-refractivity contribution is 7.92. The van der Waals surface area contributed by atoms with E-state index >= 15 is 0 Å². The van der Waals surface area contributed by atoms with E-state index in [-0.39, 0.29) is 20.7 Å². The maximum absolute atomic E-state index is 12.4. The number of aromatic nitrogens is 3. The Bertz CT molecular complexity index is 1190. The number of sulfonamides is 1. The summed E-state index contributed by atoms with van der Waals surface area (Å²) in [5, 5.41) is 9.99. The molecule has 2 N–H and O–H groups in total. The second kappa shape index (κ2) is 7.70. The number of rotatable bonds is 5. The molecule has 0 spiro atoms. The van der Waals surface area contributed by atoms with Gasteiger partial charge in [0.05, 0.1) is 4.90 Å². The molecular weight excluding hydrogens is 426 g/mol. The predicted octanol–water partition coefficient (Wildman–Crippen LogP) is 2.25.